The average Bonchev–Trinajstić information content (AvgIpc) is 2.31. The third kappa shape index (κ3) is 4.96. The summed E-state index contributed by atoms with van der Waals surface area (Å²) in [4.78, 5) is 12.7. The monoisotopic (exact) mass is 279 g/mol. The molecule has 0 amide bonds. The van der Waals surface area contributed by atoms with Crippen LogP contribution in [0.3, 0.4) is 0 Å². The van der Waals surface area contributed by atoms with Crippen molar-refractivity contribution >= 4 is 5.78 Å². The molecule has 0 fully saturated rings. The minimum absolute atomic E-state index is 0.146. The highest BCUT2D eigenvalue weighted by Gasteiger charge is 2.19. The maximum Gasteiger partial charge on any atom is 0.251 e. The topological polar surface area (TPSA) is 40.5 Å². The Morgan fingerprint density at radius 1 is 1.32 bits per heavy atom. The molecule has 0 aliphatic carbocycles. The lowest BCUT2D eigenvalue weighted by Crippen LogP contribution is -2.36. The van der Waals surface area contributed by atoms with Crippen molar-refractivity contribution in [2.75, 3.05) is 26.2 Å². The van der Waals surface area contributed by atoms with Crippen LogP contribution in [0.1, 0.15) is 10.4 Å². The van der Waals surface area contributed by atoms with Crippen LogP contribution in [-0.4, -0.2) is 48.5 Å². The standard InChI is InChI=1S/C12H13F4NO2/c13-8-1-2-10(14)9(5-8)11(19)6-17(3-4-18)7-12(15)16/h1-2,5,12,18H,3-4,6-7H2. The first-order chi connectivity index (χ1) is 8.93. The molecule has 1 aromatic carbocycles. The van der Waals surface area contributed by atoms with Crippen LogP contribution in [0.2, 0.25) is 0 Å². The van der Waals surface area contributed by atoms with E-state index in [1.54, 1.807) is 0 Å². The molecule has 0 unspecified atom stereocenters. The molecule has 1 aromatic rings. The Hall–Kier alpha value is -1.47. The van der Waals surface area contributed by atoms with E-state index in [1.165, 1.54) is 0 Å². The number of hydrogen-bond acceptors (Lipinski definition) is 3. The van der Waals surface area contributed by atoms with Gasteiger partial charge in [-0.3, -0.25) is 9.69 Å². The Balaban J connectivity index is 2.78. The molecule has 1 rings (SSSR count). The van der Waals surface area contributed by atoms with E-state index in [9.17, 15) is 22.4 Å². The van der Waals surface area contributed by atoms with E-state index in [1.807, 2.05) is 0 Å². The maximum atomic E-state index is 13.3. The summed E-state index contributed by atoms with van der Waals surface area (Å²) in [6.07, 6.45) is -2.68. The van der Waals surface area contributed by atoms with Crippen LogP contribution in [0.25, 0.3) is 0 Å². The third-order valence-electron chi connectivity index (χ3n) is 2.41. The lowest BCUT2D eigenvalue weighted by molar-refractivity contribution is 0.0687. The van der Waals surface area contributed by atoms with Gasteiger partial charge < -0.3 is 5.11 Å². The molecule has 7 heteroatoms. The second-order valence-electron chi connectivity index (χ2n) is 3.90. The fourth-order valence-corrected chi connectivity index (χ4v) is 1.57. The lowest BCUT2D eigenvalue weighted by atomic mass is 10.1. The normalized spacial score (nSPS) is 11.3. The number of hydrogen-bond donors (Lipinski definition) is 1. The van der Waals surface area contributed by atoms with Gasteiger partial charge in [-0.2, -0.15) is 0 Å². The summed E-state index contributed by atoms with van der Waals surface area (Å²) in [7, 11) is 0. The Labute approximate surface area is 107 Å². The largest absolute Gasteiger partial charge is 0.395 e. The summed E-state index contributed by atoms with van der Waals surface area (Å²) in [5, 5.41) is 8.70. The fraction of sp³-hybridized carbons (Fsp3) is 0.417. The highest BCUT2D eigenvalue weighted by Crippen LogP contribution is 2.11. The van der Waals surface area contributed by atoms with E-state index in [4.69, 9.17) is 5.11 Å². The summed E-state index contributed by atoms with van der Waals surface area (Å²) in [5.41, 5.74) is -0.489. The van der Waals surface area contributed by atoms with Crippen molar-refractivity contribution in [3.05, 3.63) is 35.4 Å². The molecule has 0 aromatic heterocycles. The van der Waals surface area contributed by atoms with E-state index in [0.717, 1.165) is 23.1 Å². The highest BCUT2D eigenvalue weighted by molar-refractivity contribution is 5.97. The zero-order valence-electron chi connectivity index (χ0n) is 9.95. The van der Waals surface area contributed by atoms with E-state index in [2.05, 4.69) is 0 Å². The number of ketones is 1. The molecule has 1 N–H and O–H groups in total. The number of aliphatic hydroxyl groups is 1. The molecule has 0 saturated carbocycles. The van der Waals surface area contributed by atoms with E-state index >= 15 is 0 Å². The predicted molar refractivity (Wildman–Crippen MR) is 60.2 cm³/mol. The Kier molecular flexibility index (Phi) is 5.91. The van der Waals surface area contributed by atoms with Gasteiger partial charge >= 0.3 is 0 Å². The van der Waals surface area contributed by atoms with Gasteiger partial charge in [0, 0.05) is 6.54 Å². The summed E-state index contributed by atoms with van der Waals surface area (Å²) in [5.74, 6) is -2.51. The number of alkyl halides is 2. The van der Waals surface area contributed by atoms with Crippen molar-refractivity contribution in [2.45, 2.75) is 6.43 Å². The minimum Gasteiger partial charge on any atom is -0.395 e. The second-order valence-corrected chi connectivity index (χ2v) is 3.90. The quantitative estimate of drug-likeness (QED) is 0.610. The Morgan fingerprint density at radius 3 is 2.58 bits per heavy atom. The lowest BCUT2D eigenvalue weighted by Gasteiger charge is -2.19. The third-order valence-corrected chi connectivity index (χ3v) is 2.41. The number of halogens is 4. The Morgan fingerprint density at radius 2 is 2.00 bits per heavy atom. The number of nitrogens with zero attached hydrogens (tertiary/aromatic N) is 1. The molecule has 0 radical (unpaired) electrons. The average molecular weight is 279 g/mol. The summed E-state index contributed by atoms with van der Waals surface area (Å²) in [6, 6.07) is 2.37. The van der Waals surface area contributed by atoms with Crippen LogP contribution in [-0.2, 0) is 0 Å². The van der Waals surface area contributed by atoms with Crippen LogP contribution in [0.4, 0.5) is 17.6 Å². The van der Waals surface area contributed by atoms with Crippen LogP contribution in [0, 0.1) is 11.6 Å². The smallest absolute Gasteiger partial charge is 0.251 e. The number of aliphatic hydroxyl groups excluding tert-OH is 1. The molecule has 0 bridgehead atoms. The van der Waals surface area contributed by atoms with Gasteiger partial charge in [0.1, 0.15) is 11.6 Å². The van der Waals surface area contributed by atoms with E-state index < -0.39 is 49.1 Å². The van der Waals surface area contributed by atoms with Crippen molar-refractivity contribution < 1.29 is 27.5 Å². The van der Waals surface area contributed by atoms with E-state index in [-0.39, 0.29) is 6.54 Å². The van der Waals surface area contributed by atoms with Crippen LogP contribution in [0.5, 0.6) is 0 Å². The van der Waals surface area contributed by atoms with E-state index in [0.29, 0.717) is 0 Å². The summed E-state index contributed by atoms with van der Waals surface area (Å²) >= 11 is 0. The first-order valence-corrected chi connectivity index (χ1v) is 5.53. The molecule has 0 spiro atoms. The fourth-order valence-electron chi connectivity index (χ4n) is 1.57. The summed E-state index contributed by atoms with van der Waals surface area (Å²) in [6.45, 7) is -1.78. The minimum atomic E-state index is -2.68. The second kappa shape index (κ2) is 7.20. The number of carbonyl (C=O) groups is 1. The molecule has 0 saturated heterocycles. The molecule has 0 heterocycles. The van der Waals surface area contributed by atoms with Crippen molar-refractivity contribution in [3.63, 3.8) is 0 Å². The molecule has 0 aliphatic heterocycles. The van der Waals surface area contributed by atoms with Gasteiger partial charge in [0.05, 0.1) is 25.3 Å². The maximum absolute atomic E-state index is 13.3. The molecule has 0 atom stereocenters. The molecule has 0 aliphatic rings. The van der Waals surface area contributed by atoms with Crippen LogP contribution >= 0.6 is 0 Å². The van der Waals surface area contributed by atoms with Gasteiger partial charge in [-0.15, -0.1) is 0 Å². The zero-order valence-corrected chi connectivity index (χ0v) is 9.95. The Bertz CT molecular complexity index is 440. The molecule has 19 heavy (non-hydrogen) atoms. The molecule has 106 valence electrons. The number of rotatable bonds is 7. The van der Waals surface area contributed by atoms with Crippen molar-refractivity contribution in [1.82, 2.24) is 4.90 Å². The predicted octanol–water partition coefficient (Wildman–Crippen LogP) is 1.71. The zero-order chi connectivity index (χ0) is 14.4. The van der Waals surface area contributed by atoms with Gasteiger partial charge in [-0.1, -0.05) is 0 Å². The van der Waals surface area contributed by atoms with Gasteiger partial charge in [0.15, 0.2) is 5.78 Å². The molecular formula is C12H13F4NO2. The van der Waals surface area contributed by atoms with Gasteiger partial charge in [-0.05, 0) is 18.2 Å². The first kappa shape index (κ1) is 15.6. The van der Waals surface area contributed by atoms with Gasteiger partial charge in [0.2, 0.25) is 0 Å². The van der Waals surface area contributed by atoms with Crippen molar-refractivity contribution in [1.29, 1.82) is 0 Å². The number of carbonyl (C=O) groups excluding carboxylic acids is 1. The number of Topliss-reactive ketones (excluding diaryl/α,β-unsaturated/α-hetero) is 1. The number of benzene rings is 1. The summed E-state index contributed by atoms with van der Waals surface area (Å²) < 4.78 is 50.7. The van der Waals surface area contributed by atoms with Crippen molar-refractivity contribution in [3.8, 4) is 0 Å². The van der Waals surface area contributed by atoms with Crippen LogP contribution in [0.15, 0.2) is 18.2 Å². The molecule has 3 nitrogen and oxygen atoms in total. The van der Waals surface area contributed by atoms with Gasteiger partial charge in [-0.25, -0.2) is 17.6 Å². The van der Waals surface area contributed by atoms with Gasteiger partial charge in [0.25, 0.3) is 6.43 Å². The first-order valence-electron chi connectivity index (χ1n) is 5.53. The van der Waals surface area contributed by atoms with Crippen LogP contribution < -0.4 is 0 Å². The SMILES string of the molecule is O=C(CN(CCO)CC(F)F)c1cc(F)ccc1F. The van der Waals surface area contributed by atoms with Crippen molar-refractivity contribution in [2.24, 2.45) is 0 Å². The molecular weight excluding hydrogens is 266 g/mol. The highest BCUT2D eigenvalue weighted by atomic mass is 19.3.